The minimum atomic E-state index is -0.508. The van der Waals surface area contributed by atoms with Crippen molar-refractivity contribution in [2.24, 2.45) is 0 Å². The average Bonchev–Trinajstić information content (AvgIpc) is 3.15. The van der Waals surface area contributed by atoms with E-state index in [1.165, 1.54) is 17.0 Å². The zero-order valence-electron chi connectivity index (χ0n) is 15.6. The first-order valence-electron chi connectivity index (χ1n) is 8.95. The Labute approximate surface area is 153 Å². The average molecular weight is 362 g/mol. The molecule has 1 aromatic carbocycles. The van der Waals surface area contributed by atoms with E-state index in [1.807, 2.05) is 13.8 Å². The molecule has 0 aromatic heterocycles. The van der Waals surface area contributed by atoms with Crippen molar-refractivity contribution in [2.75, 3.05) is 44.7 Å². The number of anilines is 1. The number of amides is 2. The molecule has 26 heavy (non-hydrogen) atoms. The van der Waals surface area contributed by atoms with Crippen LogP contribution >= 0.6 is 0 Å². The molecular formula is C18H26N4O4. The number of nitro benzene ring substituents is 1. The van der Waals surface area contributed by atoms with E-state index in [0.29, 0.717) is 18.8 Å². The van der Waals surface area contributed by atoms with Crippen molar-refractivity contribution in [3.63, 3.8) is 0 Å². The number of nitrogens with zero attached hydrogens (tertiary/aromatic N) is 4. The molecule has 1 heterocycles. The Morgan fingerprint density at radius 1 is 1.19 bits per heavy atom. The van der Waals surface area contributed by atoms with Gasteiger partial charge in [-0.25, -0.2) is 0 Å². The van der Waals surface area contributed by atoms with Gasteiger partial charge in [0, 0.05) is 45.4 Å². The molecule has 0 aliphatic carbocycles. The molecule has 2 amide bonds. The zero-order chi connectivity index (χ0) is 19.3. The maximum Gasteiger partial charge on any atom is 0.270 e. The summed E-state index contributed by atoms with van der Waals surface area (Å²) in [5.41, 5.74) is 0.843. The van der Waals surface area contributed by atoms with E-state index >= 15 is 0 Å². The van der Waals surface area contributed by atoms with Gasteiger partial charge in [-0.3, -0.25) is 19.7 Å². The number of hydrogen-bond acceptors (Lipinski definition) is 5. The molecule has 1 aliphatic heterocycles. The highest BCUT2D eigenvalue weighted by Gasteiger charge is 2.25. The predicted octanol–water partition coefficient (Wildman–Crippen LogP) is 2.14. The van der Waals surface area contributed by atoms with E-state index in [2.05, 4.69) is 4.90 Å². The van der Waals surface area contributed by atoms with Gasteiger partial charge in [0.1, 0.15) is 0 Å². The van der Waals surface area contributed by atoms with Crippen LogP contribution in [0.15, 0.2) is 18.2 Å². The van der Waals surface area contributed by atoms with Crippen molar-refractivity contribution >= 4 is 23.2 Å². The fourth-order valence-corrected chi connectivity index (χ4v) is 3.20. The van der Waals surface area contributed by atoms with E-state index in [1.54, 1.807) is 18.0 Å². The molecular weight excluding hydrogens is 336 g/mol. The molecule has 0 radical (unpaired) electrons. The number of carbonyl (C=O) groups excluding carboxylic acids is 2. The van der Waals surface area contributed by atoms with Gasteiger partial charge in [0.15, 0.2) is 0 Å². The first kappa shape index (κ1) is 19.7. The SMILES string of the molecule is CCN(CC)C(=O)CN(C)C(=O)c1cc([N+](=O)[O-])ccc1N1CCCC1. The second-order valence-electron chi connectivity index (χ2n) is 6.38. The number of rotatable bonds is 7. The highest BCUT2D eigenvalue weighted by molar-refractivity contribution is 6.01. The third-order valence-corrected chi connectivity index (χ3v) is 4.70. The Morgan fingerprint density at radius 3 is 2.35 bits per heavy atom. The van der Waals surface area contributed by atoms with Crippen molar-refractivity contribution in [2.45, 2.75) is 26.7 Å². The molecule has 1 aliphatic rings. The first-order chi connectivity index (χ1) is 12.4. The maximum absolute atomic E-state index is 12.9. The topological polar surface area (TPSA) is 87.0 Å². The number of benzene rings is 1. The van der Waals surface area contributed by atoms with Gasteiger partial charge in [-0.2, -0.15) is 0 Å². The quantitative estimate of drug-likeness (QED) is 0.548. The minimum absolute atomic E-state index is 0.0529. The monoisotopic (exact) mass is 362 g/mol. The van der Waals surface area contributed by atoms with Crippen LogP contribution in [-0.4, -0.2) is 66.3 Å². The Bertz CT molecular complexity index is 682. The second-order valence-corrected chi connectivity index (χ2v) is 6.38. The zero-order valence-corrected chi connectivity index (χ0v) is 15.6. The lowest BCUT2D eigenvalue weighted by Gasteiger charge is -2.25. The standard InChI is InChI=1S/C18H26N4O4/c1-4-20(5-2)17(23)13-19(3)18(24)15-12-14(22(25)26)8-9-16(15)21-10-6-7-11-21/h8-9,12H,4-7,10-11,13H2,1-3H3. The molecule has 0 spiro atoms. The van der Waals surface area contributed by atoms with Gasteiger partial charge in [0.25, 0.3) is 11.6 Å². The molecule has 1 fully saturated rings. The molecule has 1 aromatic rings. The van der Waals surface area contributed by atoms with Crippen LogP contribution in [0.2, 0.25) is 0 Å². The Kier molecular flexibility index (Phi) is 6.54. The fraction of sp³-hybridized carbons (Fsp3) is 0.556. The number of hydrogen-bond donors (Lipinski definition) is 0. The Balaban J connectivity index is 2.28. The summed E-state index contributed by atoms with van der Waals surface area (Å²) in [6.07, 6.45) is 2.06. The summed E-state index contributed by atoms with van der Waals surface area (Å²) in [7, 11) is 1.55. The normalized spacial score (nSPS) is 13.6. The van der Waals surface area contributed by atoms with E-state index in [4.69, 9.17) is 0 Å². The van der Waals surface area contributed by atoms with Gasteiger partial charge in [-0.1, -0.05) is 0 Å². The molecule has 0 saturated carbocycles. The van der Waals surface area contributed by atoms with Crippen LogP contribution in [0, 0.1) is 10.1 Å². The van der Waals surface area contributed by atoms with Crippen LogP contribution in [0.4, 0.5) is 11.4 Å². The van der Waals surface area contributed by atoms with Crippen LogP contribution in [0.3, 0.4) is 0 Å². The fourth-order valence-electron chi connectivity index (χ4n) is 3.20. The van der Waals surface area contributed by atoms with E-state index in [-0.39, 0.29) is 29.6 Å². The second kappa shape index (κ2) is 8.64. The third-order valence-electron chi connectivity index (χ3n) is 4.70. The molecule has 142 valence electrons. The summed E-state index contributed by atoms with van der Waals surface area (Å²) in [6.45, 7) is 6.51. The largest absolute Gasteiger partial charge is 0.371 e. The number of non-ortho nitro benzene ring substituents is 1. The van der Waals surface area contributed by atoms with Crippen molar-refractivity contribution in [1.29, 1.82) is 0 Å². The van der Waals surface area contributed by atoms with Crippen LogP contribution in [0.25, 0.3) is 0 Å². The number of likely N-dealkylation sites (N-methyl/N-ethyl adjacent to an activating group) is 2. The predicted molar refractivity (Wildman–Crippen MR) is 99.4 cm³/mol. The van der Waals surface area contributed by atoms with Crippen LogP contribution < -0.4 is 4.90 Å². The summed E-state index contributed by atoms with van der Waals surface area (Å²) >= 11 is 0. The molecule has 0 bridgehead atoms. The van der Waals surface area contributed by atoms with E-state index < -0.39 is 4.92 Å². The summed E-state index contributed by atoms with van der Waals surface area (Å²) in [4.78, 5) is 40.9. The summed E-state index contributed by atoms with van der Waals surface area (Å²) in [5, 5.41) is 11.1. The van der Waals surface area contributed by atoms with Crippen LogP contribution in [-0.2, 0) is 4.79 Å². The summed E-state index contributed by atoms with van der Waals surface area (Å²) in [6, 6.07) is 4.37. The molecule has 1 saturated heterocycles. The van der Waals surface area contributed by atoms with Gasteiger partial charge in [-0.05, 0) is 32.8 Å². The number of nitro groups is 1. The molecule has 0 atom stereocenters. The van der Waals surface area contributed by atoms with Crippen molar-refractivity contribution in [1.82, 2.24) is 9.80 Å². The van der Waals surface area contributed by atoms with E-state index in [9.17, 15) is 19.7 Å². The molecule has 0 unspecified atom stereocenters. The Morgan fingerprint density at radius 2 is 1.81 bits per heavy atom. The van der Waals surface area contributed by atoms with Crippen LogP contribution in [0.5, 0.6) is 0 Å². The minimum Gasteiger partial charge on any atom is -0.371 e. The smallest absolute Gasteiger partial charge is 0.270 e. The number of carbonyl (C=O) groups is 2. The highest BCUT2D eigenvalue weighted by atomic mass is 16.6. The van der Waals surface area contributed by atoms with Gasteiger partial charge >= 0.3 is 0 Å². The lowest BCUT2D eigenvalue weighted by Crippen LogP contribution is -2.41. The van der Waals surface area contributed by atoms with Crippen LogP contribution in [0.1, 0.15) is 37.0 Å². The lowest BCUT2D eigenvalue weighted by atomic mass is 10.1. The maximum atomic E-state index is 12.9. The first-order valence-corrected chi connectivity index (χ1v) is 8.95. The van der Waals surface area contributed by atoms with Crippen molar-refractivity contribution < 1.29 is 14.5 Å². The van der Waals surface area contributed by atoms with Gasteiger partial charge < -0.3 is 14.7 Å². The molecule has 0 N–H and O–H groups in total. The highest BCUT2D eigenvalue weighted by Crippen LogP contribution is 2.29. The summed E-state index contributed by atoms with van der Waals surface area (Å²) in [5.74, 6) is -0.518. The molecule has 8 heteroatoms. The van der Waals surface area contributed by atoms with Gasteiger partial charge in [0.2, 0.25) is 5.91 Å². The van der Waals surface area contributed by atoms with Gasteiger partial charge in [-0.15, -0.1) is 0 Å². The van der Waals surface area contributed by atoms with E-state index in [0.717, 1.165) is 25.9 Å². The summed E-state index contributed by atoms with van der Waals surface area (Å²) < 4.78 is 0. The Hall–Kier alpha value is -2.64. The van der Waals surface area contributed by atoms with Crippen molar-refractivity contribution in [3.05, 3.63) is 33.9 Å². The third kappa shape index (κ3) is 4.30. The lowest BCUT2D eigenvalue weighted by molar-refractivity contribution is -0.384. The molecule has 8 nitrogen and oxygen atoms in total. The van der Waals surface area contributed by atoms with Gasteiger partial charge in [0.05, 0.1) is 22.7 Å². The molecule has 2 rings (SSSR count). The van der Waals surface area contributed by atoms with Crippen molar-refractivity contribution in [3.8, 4) is 0 Å².